The number of nitrogens with zero attached hydrogens (tertiary/aromatic N) is 2. The molecule has 0 atom stereocenters. The quantitative estimate of drug-likeness (QED) is 0.130. The van der Waals surface area contributed by atoms with Crippen molar-refractivity contribution in [2.24, 2.45) is 0 Å². The zero-order valence-corrected chi connectivity index (χ0v) is 31.0. The molecule has 0 heterocycles. The lowest BCUT2D eigenvalue weighted by Gasteiger charge is -2.26. The van der Waals surface area contributed by atoms with Crippen LogP contribution in [0, 0.1) is 0 Å². The Labute approximate surface area is 329 Å². The van der Waals surface area contributed by atoms with E-state index < -0.39 is 0 Å². The Balaban J connectivity index is 0.954. The van der Waals surface area contributed by atoms with E-state index in [0.29, 0.717) is 0 Å². The Hall–Kier alpha value is -7.42. The van der Waals surface area contributed by atoms with E-state index in [4.69, 9.17) is 0 Å². The first-order chi connectivity index (χ1) is 27.7. The number of para-hydroxylation sites is 2. The molecular formula is C54H40N2. The van der Waals surface area contributed by atoms with Gasteiger partial charge in [0, 0.05) is 34.1 Å². The van der Waals surface area contributed by atoms with Crippen molar-refractivity contribution in [3.05, 3.63) is 242 Å². The molecule has 0 aromatic heterocycles. The zero-order chi connectivity index (χ0) is 37.5. The highest BCUT2D eigenvalue weighted by Crippen LogP contribution is 2.38. The third-order valence-corrected chi connectivity index (χ3v) is 10.2. The fourth-order valence-electron chi connectivity index (χ4n) is 7.34. The Morgan fingerprint density at radius 2 is 0.554 bits per heavy atom. The summed E-state index contributed by atoms with van der Waals surface area (Å²) in [6, 6.07) is 82.1. The minimum absolute atomic E-state index is 1.11. The number of hydrogen-bond donors (Lipinski definition) is 0. The van der Waals surface area contributed by atoms with Gasteiger partial charge in [-0.1, -0.05) is 164 Å². The van der Waals surface area contributed by atoms with Gasteiger partial charge in [0.05, 0.1) is 0 Å². The molecule has 0 aliphatic heterocycles. The molecule has 2 nitrogen and oxygen atoms in total. The van der Waals surface area contributed by atoms with E-state index in [0.717, 1.165) is 45.3 Å². The van der Waals surface area contributed by atoms with E-state index in [2.05, 4.69) is 252 Å². The largest absolute Gasteiger partial charge is 0.311 e. The van der Waals surface area contributed by atoms with Crippen molar-refractivity contribution >= 4 is 57.0 Å². The number of hydrogen-bond acceptors (Lipinski definition) is 2. The molecule has 56 heavy (non-hydrogen) atoms. The van der Waals surface area contributed by atoms with Crippen LogP contribution in [0.3, 0.4) is 0 Å². The number of anilines is 6. The molecule has 0 fully saturated rings. The summed E-state index contributed by atoms with van der Waals surface area (Å²) in [7, 11) is 0. The lowest BCUT2D eigenvalue weighted by atomic mass is 10.0. The van der Waals surface area contributed by atoms with Gasteiger partial charge in [0.1, 0.15) is 0 Å². The van der Waals surface area contributed by atoms with Crippen LogP contribution in [0.1, 0.15) is 11.1 Å². The van der Waals surface area contributed by atoms with E-state index in [1.54, 1.807) is 0 Å². The highest BCUT2D eigenvalue weighted by molar-refractivity contribution is 5.91. The topological polar surface area (TPSA) is 6.48 Å². The summed E-state index contributed by atoms with van der Waals surface area (Å²) in [5.41, 5.74) is 13.9. The number of fused-ring (bicyclic) bond motifs is 1. The van der Waals surface area contributed by atoms with E-state index in [-0.39, 0.29) is 0 Å². The average Bonchev–Trinajstić information content (AvgIpc) is 3.28. The Morgan fingerprint density at radius 1 is 0.232 bits per heavy atom. The molecule has 0 radical (unpaired) electrons. The van der Waals surface area contributed by atoms with E-state index >= 15 is 0 Å². The first kappa shape index (κ1) is 34.4. The molecule has 0 N–H and O–H groups in total. The van der Waals surface area contributed by atoms with Crippen molar-refractivity contribution in [3.63, 3.8) is 0 Å². The molecular weight excluding hydrogens is 677 g/mol. The van der Waals surface area contributed by atoms with Crippen molar-refractivity contribution < 1.29 is 0 Å². The molecule has 266 valence electrons. The van der Waals surface area contributed by atoms with Gasteiger partial charge >= 0.3 is 0 Å². The maximum absolute atomic E-state index is 2.32. The summed E-state index contributed by atoms with van der Waals surface area (Å²) >= 11 is 0. The Bertz CT molecular complexity index is 2690. The number of benzene rings is 9. The molecule has 0 aliphatic rings. The summed E-state index contributed by atoms with van der Waals surface area (Å²) < 4.78 is 0. The minimum Gasteiger partial charge on any atom is -0.311 e. The predicted molar refractivity (Wildman–Crippen MR) is 240 cm³/mol. The third-order valence-electron chi connectivity index (χ3n) is 10.2. The van der Waals surface area contributed by atoms with Gasteiger partial charge in [-0.05, 0) is 123 Å². The highest BCUT2D eigenvalue weighted by Gasteiger charge is 2.14. The summed E-state index contributed by atoms with van der Waals surface area (Å²) in [5.74, 6) is 0. The van der Waals surface area contributed by atoms with Gasteiger partial charge in [-0.15, -0.1) is 0 Å². The van der Waals surface area contributed by atoms with Gasteiger partial charge in [-0.25, -0.2) is 0 Å². The van der Waals surface area contributed by atoms with E-state index in [1.165, 1.54) is 33.0 Å². The first-order valence-electron chi connectivity index (χ1n) is 19.1. The molecule has 0 spiro atoms. The van der Waals surface area contributed by atoms with Crippen molar-refractivity contribution in [1.82, 2.24) is 0 Å². The molecule has 9 aromatic rings. The molecule has 0 aliphatic carbocycles. The molecule has 9 aromatic carbocycles. The van der Waals surface area contributed by atoms with Gasteiger partial charge < -0.3 is 9.80 Å². The lowest BCUT2D eigenvalue weighted by Crippen LogP contribution is -2.09. The SMILES string of the molecule is C(=C\c1ccc2cc(N(c3ccccc3)c3ccc(-c4ccccc4)cc3)ccc2c1)/c1ccc(N(c2ccccc2)c2ccc(-c3ccccc3)cc2)cc1. The molecule has 9 rings (SSSR count). The van der Waals surface area contributed by atoms with Crippen molar-refractivity contribution in [3.8, 4) is 22.3 Å². The van der Waals surface area contributed by atoms with Crippen LogP contribution in [-0.4, -0.2) is 0 Å². The lowest BCUT2D eigenvalue weighted by molar-refractivity contribution is 1.28. The Morgan fingerprint density at radius 3 is 1.05 bits per heavy atom. The van der Waals surface area contributed by atoms with Gasteiger partial charge in [-0.2, -0.15) is 0 Å². The number of rotatable bonds is 10. The normalized spacial score (nSPS) is 11.1. The third kappa shape index (κ3) is 7.50. The first-order valence-corrected chi connectivity index (χ1v) is 19.1. The second-order valence-electron chi connectivity index (χ2n) is 13.9. The van der Waals surface area contributed by atoms with Crippen LogP contribution >= 0.6 is 0 Å². The molecule has 2 heteroatoms. The highest BCUT2D eigenvalue weighted by atomic mass is 15.1. The summed E-state index contributed by atoms with van der Waals surface area (Å²) in [6.07, 6.45) is 4.39. The fourth-order valence-corrected chi connectivity index (χ4v) is 7.34. The van der Waals surface area contributed by atoms with Crippen LogP contribution in [-0.2, 0) is 0 Å². The second kappa shape index (κ2) is 15.9. The van der Waals surface area contributed by atoms with Gasteiger partial charge in [0.2, 0.25) is 0 Å². The molecule has 0 saturated heterocycles. The monoisotopic (exact) mass is 716 g/mol. The minimum atomic E-state index is 1.11. The fraction of sp³-hybridized carbons (Fsp3) is 0. The van der Waals surface area contributed by atoms with Crippen molar-refractivity contribution in [1.29, 1.82) is 0 Å². The summed E-state index contributed by atoms with van der Waals surface area (Å²) in [5, 5.41) is 2.40. The van der Waals surface area contributed by atoms with Crippen LogP contribution in [0.2, 0.25) is 0 Å². The van der Waals surface area contributed by atoms with Crippen LogP contribution in [0.5, 0.6) is 0 Å². The van der Waals surface area contributed by atoms with E-state index in [9.17, 15) is 0 Å². The Kier molecular flexibility index (Phi) is 9.75. The average molecular weight is 717 g/mol. The van der Waals surface area contributed by atoms with Gasteiger partial charge in [0.25, 0.3) is 0 Å². The standard InChI is InChI=1S/C54H40N2/c1-5-13-43(14-6-1)45-27-34-52(35-28-45)55(49-17-9-3-10-18-49)51-32-24-41(25-33-51)21-22-42-23-26-48-40-54(38-31-47(48)39-42)56(50-19-11-4-12-20-50)53-36-29-46(30-37-53)44-15-7-2-8-16-44/h1-40H/b22-21+. The molecule has 0 amide bonds. The van der Waals surface area contributed by atoms with Gasteiger partial charge in [-0.3, -0.25) is 0 Å². The maximum atomic E-state index is 2.32. The van der Waals surface area contributed by atoms with Crippen LogP contribution < -0.4 is 9.80 Å². The van der Waals surface area contributed by atoms with E-state index in [1.807, 2.05) is 0 Å². The summed E-state index contributed by atoms with van der Waals surface area (Å²) in [6.45, 7) is 0. The van der Waals surface area contributed by atoms with Crippen LogP contribution in [0.15, 0.2) is 231 Å². The second-order valence-corrected chi connectivity index (χ2v) is 13.9. The van der Waals surface area contributed by atoms with Gasteiger partial charge in [0.15, 0.2) is 0 Å². The van der Waals surface area contributed by atoms with Crippen LogP contribution in [0.4, 0.5) is 34.1 Å². The predicted octanol–water partition coefficient (Wildman–Crippen LogP) is 15.3. The zero-order valence-electron chi connectivity index (χ0n) is 31.0. The smallest absolute Gasteiger partial charge is 0.0468 e. The summed E-state index contributed by atoms with van der Waals surface area (Å²) in [4.78, 5) is 4.63. The van der Waals surface area contributed by atoms with Crippen LogP contribution in [0.25, 0.3) is 45.2 Å². The molecule has 0 saturated carbocycles. The molecule has 0 bridgehead atoms. The maximum Gasteiger partial charge on any atom is 0.0468 e. The van der Waals surface area contributed by atoms with Crippen molar-refractivity contribution in [2.75, 3.05) is 9.80 Å². The van der Waals surface area contributed by atoms with Crippen molar-refractivity contribution in [2.45, 2.75) is 0 Å². The molecule has 0 unspecified atom stereocenters.